The fourth-order valence-corrected chi connectivity index (χ4v) is 1.89. The van der Waals surface area contributed by atoms with Crippen LogP contribution in [0.4, 0.5) is 5.69 Å². The van der Waals surface area contributed by atoms with E-state index in [0.29, 0.717) is 15.8 Å². The van der Waals surface area contributed by atoms with E-state index in [2.05, 4.69) is 39.3 Å². The summed E-state index contributed by atoms with van der Waals surface area (Å²) in [6, 6.07) is 6.95. The molecule has 0 spiro atoms. The van der Waals surface area contributed by atoms with E-state index < -0.39 is 0 Å². The first-order valence-corrected chi connectivity index (χ1v) is 8.62. The Morgan fingerprint density at radius 2 is 1.42 bits per heavy atom. The van der Waals surface area contributed by atoms with Gasteiger partial charge in [-0.25, -0.2) is 0 Å². The van der Waals surface area contributed by atoms with Gasteiger partial charge in [-0.2, -0.15) is 0 Å². The normalized spacial score (nSPS) is 9.58. The van der Waals surface area contributed by atoms with Crippen LogP contribution in [0.3, 0.4) is 0 Å². The van der Waals surface area contributed by atoms with Gasteiger partial charge in [0, 0.05) is 18.7 Å². The molecule has 1 aromatic rings. The zero-order chi connectivity index (χ0) is 17.8. The van der Waals surface area contributed by atoms with Crippen LogP contribution >= 0.6 is 24.4 Å². The summed E-state index contributed by atoms with van der Waals surface area (Å²) in [6.07, 6.45) is 1.95. The van der Waals surface area contributed by atoms with Gasteiger partial charge in [0.1, 0.15) is 0 Å². The van der Waals surface area contributed by atoms with Gasteiger partial charge in [0.25, 0.3) is 5.91 Å². The van der Waals surface area contributed by atoms with Gasteiger partial charge in [-0.05, 0) is 61.5 Å². The minimum Gasteiger partial charge on any atom is -0.361 e. The highest BCUT2D eigenvalue weighted by atomic mass is 32.1. The Balaban J connectivity index is 2.39. The number of thiocarbonyl (C=S) groups is 2. The van der Waals surface area contributed by atoms with Crippen molar-refractivity contribution < 1.29 is 4.79 Å². The van der Waals surface area contributed by atoms with Crippen molar-refractivity contribution >= 4 is 46.3 Å². The maximum absolute atomic E-state index is 12.0. The lowest BCUT2D eigenvalue weighted by molar-refractivity contribution is 0.0943. The molecule has 0 fully saturated rings. The third kappa shape index (κ3) is 7.93. The first-order chi connectivity index (χ1) is 11.6. The highest BCUT2D eigenvalue weighted by molar-refractivity contribution is 7.80. The maximum Gasteiger partial charge on any atom is 0.269 e. The van der Waals surface area contributed by atoms with Crippen LogP contribution in [0.2, 0.25) is 0 Å². The van der Waals surface area contributed by atoms with Crippen LogP contribution in [0.15, 0.2) is 24.3 Å². The lowest BCUT2D eigenvalue weighted by Crippen LogP contribution is -2.46. The van der Waals surface area contributed by atoms with Crippen LogP contribution in [0.1, 0.15) is 37.0 Å². The van der Waals surface area contributed by atoms with Gasteiger partial charge in [0.05, 0.1) is 5.69 Å². The van der Waals surface area contributed by atoms with Gasteiger partial charge in [0.2, 0.25) is 0 Å². The molecule has 0 aliphatic heterocycles. The van der Waals surface area contributed by atoms with Crippen LogP contribution in [0, 0.1) is 0 Å². The second kappa shape index (κ2) is 11.4. The number of carbonyl (C=O) groups excluding carboxylic acids is 1. The molecule has 1 amide bonds. The third-order valence-corrected chi connectivity index (χ3v) is 3.32. The molecule has 0 saturated heterocycles. The average Bonchev–Trinajstić information content (AvgIpc) is 2.61. The number of amides is 1. The number of nitrogens with one attached hydrogen (secondary N) is 6. The molecule has 0 radical (unpaired) electrons. The number of hydrazine groups is 2. The fraction of sp³-hybridized carbons (Fsp3) is 0.400. The molecule has 0 aliphatic carbocycles. The maximum atomic E-state index is 12.0. The molecule has 7 nitrogen and oxygen atoms in total. The second-order valence-electron chi connectivity index (χ2n) is 4.92. The standard InChI is InChI=1S/C15H24N6OS2/c1-3-9-16-14(23)20-18-12-7-5-11(6-8-12)13(22)19-21-15(24)17-10-4-2/h5-8,18H,3-4,9-10H2,1-2H3,(H,19,22)(H2,16,20,23)(H2,17,21,24). The van der Waals surface area contributed by atoms with Crippen molar-refractivity contribution in [3.8, 4) is 0 Å². The van der Waals surface area contributed by atoms with Crippen molar-refractivity contribution in [3.05, 3.63) is 29.8 Å². The summed E-state index contributed by atoms with van der Waals surface area (Å²) in [7, 11) is 0. The Morgan fingerprint density at radius 1 is 0.875 bits per heavy atom. The Kier molecular flexibility index (Phi) is 9.47. The van der Waals surface area contributed by atoms with Crippen molar-refractivity contribution in [1.29, 1.82) is 0 Å². The van der Waals surface area contributed by atoms with Gasteiger partial charge in [-0.1, -0.05) is 13.8 Å². The summed E-state index contributed by atoms with van der Waals surface area (Å²) < 4.78 is 0. The fourth-order valence-electron chi connectivity index (χ4n) is 1.59. The largest absolute Gasteiger partial charge is 0.361 e. The summed E-state index contributed by atoms with van der Waals surface area (Å²) in [5.74, 6) is -0.268. The number of hydrogen-bond donors (Lipinski definition) is 6. The van der Waals surface area contributed by atoms with Crippen molar-refractivity contribution in [1.82, 2.24) is 26.9 Å². The number of rotatable bonds is 7. The molecule has 0 atom stereocenters. The van der Waals surface area contributed by atoms with Crippen molar-refractivity contribution in [3.63, 3.8) is 0 Å². The molecule has 0 saturated carbocycles. The van der Waals surface area contributed by atoms with E-state index >= 15 is 0 Å². The number of benzene rings is 1. The molecule has 0 unspecified atom stereocenters. The SMILES string of the molecule is CCCNC(=S)NNC(=O)c1ccc(NNC(=S)NCCC)cc1. The lowest BCUT2D eigenvalue weighted by Gasteiger charge is -2.13. The van der Waals surface area contributed by atoms with E-state index in [1.54, 1.807) is 24.3 Å². The van der Waals surface area contributed by atoms with E-state index in [4.69, 9.17) is 24.4 Å². The summed E-state index contributed by atoms with van der Waals surface area (Å²) in [5, 5.41) is 6.91. The Hall–Kier alpha value is -2.13. The molecule has 24 heavy (non-hydrogen) atoms. The van der Waals surface area contributed by atoms with Crippen molar-refractivity contribution in [2.24, 2.45) is 0 Å². The molecule has 1 rings (SSSR count). The molecular weight excluding hydrogens is 344 g/mol. The predicted molar refractivity (Wildman–Crippen MR) is 106 cm³/mol. The molecule has 6 N–H and O–H groups in total. The van der Waals surface area contributed by atoms with Gasteiger partial charge < -0.3 is 10.6 Å². The molecule has 132 valence electrons. The second-order valence-corrected chi connectivity index (χ2v) is 5.73. The van der Waals surface area contributed by atoms with E-state index in [0.717, 1.165) is 31.6 Å². The zero-order valence-electron chi connectivity index (χ0n) is 13.9. The smallest absolute Gasteiger partial charge is 0.269 e. The zero-order valence-corrected chi connectivity index (χ0v) is 15.5. The summed E-state index contributed by atoms with van der Waals surface area (Å²) >= 11 is 10.1. The lowest BCUT2D eigenvalue weighted by atomic mass is 10.2. The van der Waals surface area contributed by atoms with Crippen molar-refractivity contribution in [2.45, 2.75) is 26.7 Å². The monoisotopic (exact) mass is 368 g/mol. The van der Waals surface area contributed by atoms with E-state index in [1.807, 2.05) is 6.92 Å². The van der Waals surface area contributed by atoms with Gasteiger partial charge >= 0.3 is 0 Å². The summed E-state index contributed by atoms with van der Waals surface area (Å²) in [6.45, 7) is 5.66. The summed E-state index contributed by atoms with van der Waals surface area (Å²) in [4.78, 5) is 12.0. The van der Waals surface area contributed by atoms with Gasteiger partial charge in [-0.15, -0.1) is 0 Å². The molecular formula is C15H24N6OS2. The van der Waals surface area contributed by atoms with E-state index in [-0.39, 0.29) is 5.91 Å². The number of carbonyl (C=O) groups is 1. The third-order valence-electron chi connectivity index (χ3n) is 2.83. The van der Waals surface area contributed by atoms with Crippen LogP contribution in [0.25, 0.3) is 0 Å². The molecule has 0 aliphatic rings. The van der Waals surface area contributed by atoms with E-state index in [9.17, 15) is 4.79 Å². The first-order valence-electron chi connectivity index (χ1n) is 7.81. The molecule has 1 aromatic carbocycles. The molecule has 0 bridgehead atoms. The summed E-state index contributed by atoms with van der Waals surface area (Å²) in [5.41, 5.74) is 12.3. The Bertz CT molecular complexity index is 549. The minimum absolute atomic E-state index is 0.268. The molecule has 9 heteroatoms. The first kappa shape index (κ1) is 19.9. The van der Waals surface area contributed by atoms with Crippen LogP contribution in [-0.4, -0.2) is 29.2 Å². The minimum atomic E-state index is -0.268. The van der Waals surface area contributed by atoms with Crippen LogP contribution in [-0.2, 0) is 0 Å². The van der Waals surface area contributed by atoms with Crippen LogP contribution in [0.5, 0.6) is 0 Å². The van der Waals surface area contributed by atoms with Gasteiger partial charge in [-0.3, -0.25) is 26.5 Å². The highest BCUT2D eigenvalue weighted by Gasteiger charge is 2.05. The number of anilines is 1. The Labute approximate surface area is 153 Å². The molecule has 0 aromatic heterocycles. The number of hydrogen-bond acceptors (Lipinski definition) is 4. The van der Waals surface area contributed by atoms with Crippen molar-refractivity contribution in [2.75, 3.05) is 18.5 Å². The predicted octanol–water partition coefficient (Wildman–Crippen LogP) is 1.41. The van der Waals surface area contributed by atoms with Crippen LogP contribution < -0.4 is 32.3 Å². The quantitative estimate of drug-likeness (QED) is 0.318. The highest BCUT2D eigenvalue weighted by Crippen LogP contribution is 2.08. The topological polar surface area (TPSA) is 89.2 Å². The van der Waals surface area contributed by atoms with E-state index in [1.165, 1.54) is 0 Å². The average molecular weight is 369 g/mol. The molecule has 0 heterocycles. The Morgan fingerprint density at radius 3 is 1.96 bits per heavy atom. The van der Waals surface area contributed by atoms with Gasteiger partial charge in [0.15, 0.2) is 10.2 Å².